The second kappa shape index (κ2) is 12.5. The Morgan fingerprint density at radius 3 is 2.24 bits per heavy atom. The minimum absolute atomic E-state index is 0.0234. The Morgan fingerprint density at radius 1 is 1.03 bits per heavy atom. The van der Waals surface area contributed by atoms with Crippen LogP contribution in [-0.2, 0) is 33.9 Å². The van der Waals surface area contributed by atoms with Crippen LogP contribution >= 0.6 is 0 Å². The Morgan fingerprint density at radius 2 is 1.65 bits per heavy atom. The van der Waals surface area contributed by atoms with Gasteiger partial charge in [0.2, 0.25) is 15.9 Å². The van der Waals surface area contributed by atoms with Crippen molar-refractivity contribution in [1.29, 1.82) is 0 Å². The maximum atomic E-state index is 13.1. The third-order valence-corrected chi connectivity index (χ3v) is 7.24. The van der Waals surface area contributed by atoms with Gasteiger partial charge in [0.25, 0.3) is 5.91 Å². The molecule has 1 unspecified atom stereocenters. The predicted octanol–water partition coefficient (Wildman–Crippen LogP) is 2.26. The summed E-state index contributed by atoms with van der Waals surface area (Å²) in [5.74, 6) is -1.36. The van der Waals surface area contributed by atoms with Crippen molar-refractivity contribution in [3.63, 3.8) is 0 Å². The smallest absolute Gasteiger partial charge is 0.331 e. The summed E-state index contributed by atoms with van der Waals surface area (Å²) in [5, 5.41) is 5.24. The SMILES string of the molecule is COc1ccc(C=CC(=O)OC(C)C(=O)Nc2ccc(NC(C)=O)cc2)cc1S(=O)(=O)N1CCOCC1. The van der Waals surface area contributed by atoms with E-state index >= 15 is 0 Å². The lowest BCUT2D eigenvalue weighted by atomic mass is 10.2. The maximum absolute atomic E-state index is 13.1. The molecule has 0 radical (unpaired) electrons. The van der Waals surface area contributed by atoms with Gasteiger partial charge < -0.3 is 24.8 Å². The molecule has 1 aliphatic rings. The first-order chi connectivity index (χ1) is 17.6. The van der Waals surface area contributed by atoms with Gasteiger partial charge in [0.05, 0.1) is 20.3 Å². The molecule has 1 heterocycles. The second-order valence-corrected chi connectivity index (χ2v) is 9.99. The monoisotopic (exact) mass is 531 g/mol. The number of hydrogen-bond acceptors (Lipinski definition) is 8. The summed E-state index contributed by atoms with van der Waals surface area (Å²) in [7, 11) is -2.45. The summed E-state index contributed by atoms with van der Waals surface area (Å²) < 4.78 is 43.2. The molecule has 0 aliphatic carbocycles. The van der Waals surface area contributed by atoms with Gasteiger partial charge in [-0.15, -0.1) is 0 Å². The molecule has 0 saturated carbocycles. The van der Waals surface area contributed by atoms with Crippen LogP contribution in [0.2, 0.25) is 0 Å². The summed E-state index contributed by atoms with van der Waals surface area (Å²) >= 11 is 0. The Bertz CT molecular complexity index is 1270. The van der Waals surface area contributed by atoms with Crippen LogP contribution in [0.15, 0.2) is 53.4 Å². The van der Waals surface area contributed by atoms with Gasteiger partial charge in [-0.3, -0.25) is 9.59 Å². The number of anilines is 2. The Kier molecular flexibility index (Phi) is 9.39. The lowest BCUT2D eigenvalue weighted by molar-refractivity contribution is -0.148. The molecule has 1 fully saturated rings. The second-order valence-electron chi connectivity index (χ2n) is 8.09. The van der Waals surface area contributed by atoms with E-state index in [1.54, 1.807) is 30.3 Å². The topological polar surface area (TPSA) is 140 Å². The van der Waals surface area contributed by atoms with Crippen molar-refractivity contribution in [2.45, 2.75) is 24.8 Å². The number of nitrogens with one attached hydrogen (secondary N) is 2. The van der Waals surface area contributed by atoms with Crippen LogP contribution in [0.3, 0.4) is 0 Å². The minimum Gasteiger partial charge on any atom is -0.495 e. The summed E-state index contributed by atoms with van der Waals surface area (Å²) in [6.07, 6.45) is 1.41. The van der Waals surface area contributed by atoms with Gasteiger partial charge in [-0.1, -0.05) is 6.07 Å². The van der Waals surface area contributed by atoms with Crippen molar-refractivity contribution in [1.82, 2.24) is 4.31 Å². The van der Waals surface area contributed by atoms with Crippen molar-refractivity contribution in [3.05, 3.63) is 54.1 Å². The van der Waals surface area contributed by atoms with E-state index in [0.29, 0.717) is 30.2 Å². The molecule has 2 amide bonds. The molecule has 0 bridgehead atoms. The molecule has 0 spiro atoms. The third kappa shape index (κ3) is 7.62. The zero-order chi connectivity index (χ0) is 27.0. The number of carbonyl (C=O) groups excluding carboxylic acids is 3. The van der Waals surface area contributed by atoms with Crippen molar-refractivity contribution in [2.24, 2.45) is 0 Å². The number of methoxy groups -OCH3 is 1. The number of hydrogen-bond donors (Lipinski definition) is 2. The number of sulfonamides is 1. The van der Waals surface area contributed by atoms with Crippen LogP contribution in [0.4, 0.5) is 11.4 Å². The number of amides is 2. The van der Waals surface area contributed by atoms with E-state index in [9.17, 15) is 22.8 Å². The van der Waals surface area contributed by atoms with E-state index in [-0.39, 0.29) is 29.6 Å². The Balaban J connectivity index is 1.63. The first kappa shape index (κ1) is 27.8. The maximum Gasteiger partial charge on any atom is 0.331 e. The predicted molar refractivity (Wildman–Crippen MR) is 137 cm³/mol. The summed E-state index contributed by atoms with van der Waals surface area (Å²) in [5.41, 5.74) is 1.47. The third-order valence-electron chi connectivity index (χ3n) is 5.32. The molecule has 3 rings (SSSR count). The van der Waals surface area contributed by atoms with Crippen LogP contribution in [-0.4, -0.2) is 70.0 Å². The molecule has 12 heteroatoms. The lowest BCUT2D eigenvalue weighted by Crippen LogP contribution is -2.40. The molecular weight excluding hydrogens is 502 g/mol. The van der Waals surface area contributed by atoms with Crippen LogP contribution < -0.4 is 15.4 Å². The number of esters is 1. The number of rotatable bonds is 9. The normalized spacial score (nSPS) is 15.1. The highest BCUT2D eigenvalue weighted by atomic mass is 32.2. The first-order valence-corrected chi connectivity index (χ1v) is 12.9. The Hall–Kier alpha value is -3.74. The summed E-state index contributed by atoms with van der Waals surface area (Å²) in [4.78, 5) is 35.7. The zero-order valence-corrected chi connectivity index (χ0v) is 21.5. The molecule has 37 heavy (non-hydrogen) atoms. The van der Waals surface area contributed by atoms with Crippen LogP contribution in [0.1, 0.15) is 19.4 Å². The molecule has 198 valence electrons. The van der Waals surface area contributed by atoms with E-state index in [1.165, 1.54) is 43.5 Å². The molecule has 0 aromatic heterocycles. The number of ether oxygens (including phenoxy) is 3. The van der Waals surface area contributed by atoms with E-state index in [2.05, 4.69) is 10.6 Å². The molecule has 1 saturated heterocycles. The lowest BCUT2D eigenvalue weighted by Gasteiger charge is -2.26. The zero-order valence-electron chi connectivity index (χ0n) is 20.7. The fourth-order valence-electron chi connectivity index (χ4n) is 3.44. The number of benzene rings is 2. The number of carbonyl (C=O) groups is 3. The molecule has 1 atom stereocenters. The number of nitrogens with zero attached hydrogens (tertiary/aromatic N) is 1. The molecule has 2 aromatic rings. The number of morpholine rings is 1. The summed E-state index contributed by atoms with van der Waals surface area (Å²) in [6.45, 7) is 3.89. The standard InChI is InChI=1S/C25H29N3O8S/c1-17(25(31)27-21-8-6-20(7-9-21)26-18(2)29)36-24(30)11-5-19-4-10-22(34-3)23(16-19)37(32,33)28-12-14-35-15-13-28/h4-11,16-17H,12-15H2,1-3H3,(H,26,29)(H,27,31). The highest BCUT2D eigenvalue weighted by Gasteiger charge is 2.29. The fraction of sp³-hybridized carbons (Fsp3) is 0.320. The van der Waals surface area contributed by atoms with E-state index in [1.807, 2.05) is 0 Å². The van der Waals surface area contributed by atoms with Gasteiger partial charge in [0.15, 0.2) is 6.10 Å². The van der Waals surface area contributed by atoms with Crippen molar-refractivity contribution in [2.75, 3.05) is 44.0 Å². The molecule has 2 aromatic carbocycles. The summed E-state index contributed by atoms with van der Waals surface area (Å²) in [6, 6.07) is 11.0. The Labute approximate surface area is 215 Å². The van der Waals surface area contributed by atoms with Crippen molar-refractivity contribution >= 4 is 45.3 Å². The van der Waals surface area contributed by atoms with E-state index in [0.717, 1.165) is 6.08 Å². The van der Waals surface area contributed by atoms with Gasteiger partial charge in [-0.2, -0.15) is 4.31 Å². The fourth-order valence-corrected chi connectivity index (χ4v) is 5.04. The van der Waals surface area contributed by atoms with Crippen molar-refractivity contribution < 1.29 is 37.0 Å². The van der Waals surface area contributed by atoms with Crippen LogP contribution in [0, 0.1) is 0 Å². The molecule has 1 aliphatic heterocycles. The van der Waals surface area contributed by atoms with Gasteiger partial charge in [0.1, 0.15) is 10.6 Å². The largest absolute Gasteiger partial charge is 0.495 e. The van der Waals surface area contributed by atoms with Crippen LogP contribution in [0.25, 0.3) is 6.08 Å². The van der Waals surface area contributed by atoms with Gasteiger partial charge in [-0.05, 0) is 55.0 Å². The molecule has 2 N–H and O–H groups in total. The highest BCUT2D eigenvalue weighted by Crippen LogP contribution is 2.29. The average molecular weight is 532 g/mol. The minimum atomic E-state index is -3.83. The van der Waals surface area contributed by atoms with Gasteiger partial charge in [-0.25, -0.2) is 13.2 Å². The van der Waals surface area contributed by atoms with E-state index in [4.69, 9.17) is 14.2 Å². The van der Waals surface area contributed by atoms with Crippen molar-refractivity contribution in [3.8, 4) is 5.75 Å². The molecule has 11 nitrogen and oxygen atoms in total. The van der Waals surface area contributed by atoms with Gasteiger partial charge >= 0.3 is 5.97 Å². The average Bonchev–Trinajstić information content (AvgIpc) is 2.88. The van der Waals surface area contributed by atoms with Crippen LogP contribution in [0.5, 0.6) is 5.75 Å². The van der Waals surface area contributed by atoms with Gasteiger partial charge in [0, 0.05) is 37.5 Å². The van der Waals surface area contributed by atoms with E-state index < -0.39 is 28.0 Å². The highest BCUT2D eigenvalue weighted by molar-refractivity contribution is 7.89. The molecular formula is C25H29N3O8S. The quantitative estimate of drug-likeness (QED) is 0.371. The first-order valence-electron chi connectivity index (χ1n) is 11.4.